The number of thioether (sulfide) groups is 1. The van der Waals surface area contributed by atoms with Gasteiger partial charge in [-0.3, -0.25) is 14.0 Å². The summed E-state index contributed by atoms with van der Waals surface area (Å²) in [4.78, 5) is 25.2. The Kier molecular flexibility index (Phi) is 11.1. The van der Waals surface area contributed by atoms with Crippen LogP contribution in [0.25, 0.3) is 0 Å². The van der Waals surface area contributed by atoms with Crippen molar-refractivity contribution in [3.8, 4) is 0 Å². The highest BCUT2D eigenvalue weighted by molar-refractivity contribution is 7.99. The lowest BCUT2D eigenvalue weighted by Crippen LogP contribution is -2.63. The van der Waals surface area contributed by atoms with Crippen LogP contribution < -0.4 is 16.0 Å². The minimum Gasteiger partial charge on any atom is -0.390 e. The number of carbonyl (C=O) groups excluding carboxylic acids is 2. The van der Waals surface area contributed by atoms with Crippen LogP contribution in [-0.2, 0) is 14.3 Å². The smallest absolute Gasteiger partial charge is 0.237 e. The molecule has 10 atom stereocenters. The number of aliphatic hydroxyl groups is 3. The topological polar surface area (TPSA) is 140 Å². The molecule has 3 fully saturated rings. The molecule has 0 aromatic rings. The molecule has 1 aliphatic carbocycles. The predicted octanol–water partition coefficient (Wildman–Crippen LogP) is 0.326. The quantitative estimate of drug-likeness (QED) is 0.150. The first-order valence-electron chi connectivity index (χ1n) is 12.9. The van der Waals surface area contributed by atoms with Gasteiger partial charge in [0.2, 0.25) is 11.8 Å². The number of hydrogen-bond acceptors (Lipinski definition) is 8. The number of ether oxygens (including phenoxy) is 1. The zero-order chi connectivity index (χ0) is 26.5. The summed E-state index contributed by atoms with van der Waals surface area (Å²) in [5.41, 5.74) is -1.37. The van der Waals surface area contributed by atoms with Gasteiger partial charge in [0.1, 0.15) is 17.8 Å². The number of fused-ring (bicyclic) bond motifs is 1. The summed E-state index contributed by atoms with van der Waals surface area (Å²) in [6.45, 7) is 2.00. The second kappa shape index (κ2) is 13.4. The van der Waals surface area contributed by atoms with E-state index in [1.165, 1.54) is 11.8 Å². The molecule has 3 aliphatic rings. The van der Waals surface area contributed by atoms with Gasteiger partial charge in [0.05, 0.1) is 48.0 Å². The van der Waals surface area contributed by atoms with Crippen LogP contribution in [0, 0.1) is 11.8 Å². The lowest BCUT2D eigenvalue weighted by atomic mass is 9.91. The highest BCUT2D eigenvalue weighted by Gasteiger charge is 2.77. The molecule has 0 aromatic heterocycles. The molecule has 208 valence electrons. The molecule has 4 unspecified atom stereocenters. The maximum atomic E-state index is 13.3. The molecule has 2 heterocycles. The first kappa shape index (κ1) is 29.9. The van der Waals surface area contributed by atoms with E-state index in [9.17, 15) is 29.3 Å². The van der Waals surface area contributed by atoms with Crippen LogP contribution in [0.4, 0.5) is 4.39 Å². The van der Waals surface area contributed by atoms with E-state index in [0.29, 0.717) is 25.3 Å². The van der Waals surface area contributed by atoms with Crippen molar-refractivity contribution in [3.63, 3.8) is 0 Å². The molecule has 0 aromatic carbocycles. The SMILES string of the molecule is CSCC(=O)NCC1OC2([C@H](NC(=O)[C@@H]3CC[C@H](CCCCF)CCN3)[C@H](C)Cl)C(C(O)[C@H]1O)[C@@H]2O. The summed E-state index contributed by atoms with van der Waals surface area (Å²) < 4.78 is 18.6. The largest absolute Gasteiger partial charge is 0.390 e. The summed E-state index contributed by atoms with van der Waals surface area (Å²) in [5.74, 6) is -0.640. The Morgan fingerprint density at radius 1 is 1.22 bits per heavy atom. The van der Waals surface area contributed by atoms with E-state index >= 15 is 0 Å². The Morgan fingerprint density at radius 3 is 2.64 bits per heavy atom. The van der Waals surface area contributed by atoms with Crippen LogP contribution in [0.2, 0.25) is 0 Å². The van der Waals surface area contributed by atoms with E-state index in [1.54, 1.807) is 13.2 Å². The van der Waals surface area contributed by atoms with E-state index in [-0.39, 0.29) is 30.8 Å². The zero-order valence-corrected chi connectivity index (χ0v) is 22.6. The molecule has 0 radical (unpaired) electrons. The summed E-state index contributed by atoms with van der Waals surface area (Å²) in [6.07, 6.45) is 1.83. The maximum Gasteiger partial charge on any atom is 0.237 e. The van der Waals surface area contributed by atoms with E-state index in [2.05, 4.69) is 16.0 Å². The second-order valence-corrected chi connectivity index (χ2v) is 11.8. The number of alkyl halides is 2. The van der Waals surface area contributed by atoms with Crippen molar-refractivity contribution in [3.05, 3.63) is 0 Å². The van der Waals surface area contributed by atoms with Gasteiger partial charge in [0, 0.05) is 6.54 Å². The molecule has 1 saturated carbocycles. The summed E-state index contributed by atoms with van der Waals surface area (Å²) in [6, 6.07) is -1.27. The molecule has 2 saturated heterocycles. The van der Waals surface area contributed by atoms with Crippen molar-refractivity contribution in [2.45, 2.75) is 92.9 Å². The molecule has 0 bridgehead atoms. The third-order valence-electron chi connectivity index (χ3n) is 7.81. The molecule has 2 aliphatic heterocycles. The number of amides is 2. The molecule has 0 spiro atoms. The third-order valence-corrected chi connectivity index (χ3v) is 8.61. The van der Waals surface area contributed by atoms with E-state index in [0.717, 1.165) is 25.7 Å². The van der Waals surface area contributed by atoms with Crippen LogP contribution in [0.3, 0.4) is 0 Å². The van der Waals surface area contributed by atoms with Gasteiger partial charge in [0.15, 0.2) is 0 Å². The lowest BCUT2D eigenvalue weighted by Gasteiger charge is -2.41. The molecule has 2 amide bonds. The lowest BCUT2D eigenvalue weighted by molar-refractivity contribution is -0.184. The number of unbranched alkanes of at least 4 members (excludes halogenated alkanes) is 1. The maximum absolute atomic E-state index is 13.3. The third kappa shape index (κ3) is 6.65. The van der Waals surface area contributed by atoms with Crippen LogP contribution >= 0.6 is 23.4 Å². The number of aliphatic hydroxyl groups excluding tert-OH is 3. The summed E-state index contributed by atoms with van der Waals surface area (Å²) in [7, 11) is 0. The highest BCUT2D eigenvalue weighted by Crippen LogP contribution is 2.57. The molecular weight excluding hydrogens is 513 g/mol. The fourth-order valence-corrected chi connectivity index (χ4v) is 6.40. The fraction of sp³-hybridized carbons (Fsp3) is 0.917. The molecule has 12 heteroatoms. The monoisotopic (exact) mass is 553 g/mol. The van der Waals surface area contributed by atoms with Crippen molar-refractivity contribution >= 4 is 35.2 Å². The van der Waals surface area contributed by atoms with E-state index in [4.69, 9.17) is 16.3 Å². The van der Waals surface area contributed by atoms with Crippen molar-refractivity contribution < 1.29 is 34.0 Å². The molecule has 9 nitrogen and oxygen atoms in total. The minimum atomic E-state index is -1.37. The number of hydrogen-bond donors (Lipinski definition) is 6. The fourth-order valence-electron chi connectivity index (χ4n) is 5.77. The van der Waals surface area contributed by atoms with Crippen LogP contribution in [0.1, 0.15) is 45.4 Å². The Morgan fingerprint density at radius 2 is 1.97 bits per heavy atom. The number of rotatable bonds is 12. The van der Waals surface area contributed by atoms with Gasteiger partial charge in [-0.05, 0) is 51.3 Å². The summed E-state index contributed by atoms with van der Waals surface area (Å²) >= 11 is 7.85. The molecule has 3 rings (SSSR count). The van der Waals surface area contributed by atoms with Gasteiger partial charge >= 0.3 is 0 Å². The Bertz CT molecular complexity index is 755. The van der Waals surface area contributed by atoms with Crippen LogP contribution in [0.15, 0.2) is 0 Å². The first-order chi connectivity index (χ1) is 17.2. The van der Waals surface area contributed by atoms with Crippen molar-refractivity contribution in [1.82, 2.24) is 16.0 Å². The van der Waals surface area contributed by atoms with Gasteiger partial charge < -0.3 is 36.0 Å². The number of nitrogens with one attached hydrogen (secondary N) is 3. The van der Waals surface area contributed by atoms with Gasteiger partial charge in [-0.1, -0.05) is 12.8 Å². The van der Waals surface area contributed by atoms with Gasteiger partial charge in [-0.2, -0.15) is 11.8 Å². The van der Waals surface area contributed by atoms with Crippen molar-refractivity contribution in [1.29, 1.82) is 0 Å². The number of halogens is 2. The van der Waals surface area contributed by atoms with Gasteiger partial charge in [0.25, 0.3) is 0 Å². The average molecular weight is 554 g/mol. The normalized spacial score (nSPS) is 37.8. The Balaban J connectivity index is 1.66. The zero-order valence-electron chi connectivity index (χ0n) is 21.0. The van der Waals surface area contributed by atoms with Crippen molar-refractivity contribution in [2.75, 3.05) is 31.8 Å². The van der Waals surface area contributed by atoms with Gasteiger partial charge in [-0.15, -0.1) is 11.6 Å². The molecule has 6 N–H and O–H groups in total. The number of carbonyl (C=O) groups is 2. The van der Waals surface area contributed by atoms with Crippen molar-refractivity contribution in [2.24, 2.45) is 11.8 Å². The second-order valence-electron chi connectivity index (χ2n) is 10.3. The van der Waals surface area contributed by atoms with Gasteiger partial charge in [-0.25, -0.2) is 0 Å². The van der Waals surface area contributed by atoms with Crippen LogP contribution in [-0.4, -0.2) is 106 Å². The van der Waals surface area contributed by atoms with Crippen LogP contribution in [0.5, 0.6) is 0 Å². The Hall–Kier alpha value is -0.690. The molecule has 36 heavy (non-hydrogen) atoms. The first-order valence-corrected chi connectivity index (χ1v) is 14.7. The minimum absolute atomic E-state index is 0.0515. The average Bonchev–Trinajstić information content (AvgIpc) is 3.51. The van der Waals surface area contributed by atoms with E-state index in [1.807, 2.05) is 0 Å². The predicted molar refractivity (Wildman–Crippen MR) is 137 cm³/mol. The molecular formula is C24H41ClFN3O6S. The standard InChI is InChI=1S/C24H41ClFN3O6S/c1-13(25)21(29-23(34)15-7-6-14(8-10-27-15)5-3-4-9-26)24-18(22(24)33)20(32)19(31)16(35-24)11-28-17(30)12-36-2/h13-16,18-22,27,31-33H,3-12H2,1-2H3,(H,28,30)(H,29,34)/t13-,14-,15-,16?,18?,19-,20?,21+,22-,24?/m0/s1. The summed E-state index contributed by atoms with van der Waals surface area (Å²) in [5, 5.41) is 40.4. The highest BCUT2D eigenvalue weighted by atomic mass is 35.5. The Labute approximate surface area is 221 Å². The van der Waals surface area contributed by atoms with E-state index < -0.39 is 53.4 Å².